The summed E-state index contributed by atoms with van der Waals surface area (Å²) in [7, 11) is 0. The predicted molar refractivity (Wildman–Crippen MR) is 46.8 cm³/mol. The fourth-order valence-corrected chi connectivity index (χ4v) is 1.24. The van der Waals surface area contributed by atoms with E-state index in [2.05, 4.69) is 13.8 Å². The third-order valence-electron chi connectivity index (χ3n) is 1.62. The normalized spacial score (nSPS) is 10.1. The fraction of sp³-hybridized carbons (Fsp3) is 0.333. The molecule has 0 aliphatic rings. The average molecular weight is 167 g/mol. The molecule has 0 fully saturated rings. The molecule has 1 rings (SSSR count). The molecule has 0 aliphatic heterocycles. The van der Waals surface area contributed by atoms with E-state index in [0.717, 1.165) is 4.90 Å². The van der Waals surface area contributed by atoms with Crippen LogP contribution in [-0.2, 0) is 15.9 Å². The van der Waals surface area contributed by atoms with Crippen molar-refractivity contribution >= 4 is 11.7 Å². The van der Waals surface area contributed by atoms with Gasteiger partial charge in [0, 0.05) is 16.3 Å². The zero-order chi connectivity index (χ0) is 8.27. The van der Waals surface area contributed by atoms with Crippen LogP contribution in [0.1, 0.15) is 25.3 Å². The summed E-state index contributed by atoms with van der Waals surface area (Å²) in [5, 5.41) is 0. The van der Waals surface area contributed by atoms with Crippen molar-refractivity contribution in [1.29, 1.82) is 0 Å². The highest BCUT2D eigenvalue weighted by atomic mass is 32.1. The maximum atomic E-state index is 10.4. The Morgan fingerprint density at radius 3 is 2.64 bits per heavy atom. The summed E-state index contributed by atoms with van der Waals surface area (Å²) in [5.74, 6) is 0.502. The van der Waals surface area contributed by atoms with Crippen molar-refractivity contribution in [1.82, 2.24) is 0 Å². The largest absolute Gasteiger partial charge is 0.505 e. The highest BCUT2D eigenvalue weighted by Gasteiger charge is 2.07. The fourth-order valence-electron chi connectivity index (χ4n) is 0.926. The van der Waals surface area contributed by atoms with Gasteiger partial charge < -0.3 is 0 Å². The maximum absolute atomic E-state index is 10.4. The van der Waals surface area contributed by atoms with E-state index in [0.29, 0.717) is 17.6 Å². The first kappa shape index (κ1) is 8.34. The predicted octanol–water partition coefficient (Wildman–Crippen LogP) is 2.60. The average Bonchev–Trinajstić information content (AvgIpc) is 2.05. The smallest absolute Gasteiger partial charge is 0.0587 e. The van der Waals surface area contributed by atoms with Crippen molar-refractivity contribution in [3.63, 3.8) is 0 Å². The first-order valence-corrected chi connectivity index (χ1v) is 4.38. The minimum absolute atomic E-state index is 0.502. The van der Waals surface area contributed by atoms with Crippen LogP contribution in [0.2, 0.25) is 0 Å². The second-order valence-corrected chi connectivity index (χ2v) is 3.45. The van der Waals surface area contributed by atoms with Gasteiger partial charge in [-0.2, -0.15) is 0 Å². The van der Waals surface area contributed by atoms with Crippen LogP contribution in [0.25, 0.3) is 0 Å². The van der Waals surface area contributed by atoms with Gasteiger partial charge in [-0.05, 0) is 11.5 Å². The summed E-state index contributed by atoms with van der Waals surface area (Å²) in [4.78, 5) is 0.802. The van der Waals surface area contributed by atoms with Crippen LogP contribution in [-0.4, -0.2) is 0 Å². The van der Waals surface area contributed by atoms with Crippen LogP contribution in [0, 0.1) is 0 Å². The molecule has 58 valence electrons. The number of hydrogen-bond donors (Lipinski definition) is 0. The molecular weight excluding hydrogens is 156 g/mol. The molecule has 0 bridgehead atoms. The van der Waals surface area contributed by atoms with Gasteiger partial charge in [-0.1, -0.05) is 26.0 Å². The lowest BCUT2D eigenvalue weighted by Gasteiger charge is -2.01. The van der Waals surface area contributed by atoms with Crippen LogP contribution < -0.4 is 0 Å². The third-order valence-corrected chi connectivity index (χ3v) is 2.07. The zero-order valence-electron chi connectivity index (χ0n) is 6.70. The molecule has 0 amide bonds. The van der Waals surface area contributed by atoms with Crippen LogP contribution in [0.4, 0.5) is 0 Å². The Hall–Kier alpha value is -0.760. The van der Waals surface area contributed by atoms with Gasteiger partial charge in [-0.25, -0.2) is 0 Å². The Kier molecular flexibility index (Phi) is 2.71. The van der Waals surface area contributed by atoms with Gasteiger partial charge in [-0.15, -0.1) is 0 Å². The first-order valence-electron chi connectivity index (χ1n) is 3.64. The van der Waals surface area contributed by atoms with E-state index in [1.165, 1.54) is 5.56 Å². The molecule has 0 unspecified atom stereocenters. The topological polar surface area (TPSA) is 17.1 Å². The monoisotopic (exact) mass is 167 g/mol. The van der Waals surface area contributed by atoms with Gasteiger partial charge in [0.1, 0.15) is 0 Å². The van der Waals surface area contributed by atoms with Gasteiger partial charge in [-0.3, -0.25) is 0 Å². The highest BCUT2D eigenvalue weighted by molar-refractivity contribution is 7.65. The molecule has 0 saturated heterocycles. The van der Waals surface area contributed by atoms with Crippen LogP contribution in [0.5, 0.6) is 0 Å². The summed E-state index contributed by atoms with van der Waals surface area (Å²) < 4.78 is 10.4. The van der Waals surface area contributed by atoms with Crippen molar-refractivity contribution in [2.75, 3.05) is 0 Å². The quantitative estimate of drug-likeness (QED) is 0.619. The van der Waals surface area contributed by atoms with Crippen LogP contribution in [0.3, 0.4) is 0 Å². The Morgan fingerprint density at radius 1 is 1.36 bits per heavy atom. The Bertz CT molecular complexity index is 255. The molecule has 0 spiro atoms. The van der Waals surface area contributed by atoms with Crippen molar-refractivity contribution in [2.24, 2.45) is 0 Å². The number of rotatable bonds is 2. The maximum Gasteiger partial charge on any atom is 0.505 e. The Balaban J connectivity index is 3.00. The molecule has 0 heterocycles. The summed E-state index contributed by atoms with van der Waals surface area (Å²) in [6.07, 6.45) is 0. The molecule has 0 atom stereocenters. The van der Waals surface area contributed by atoms with Crippen molar-refractivity contribution < 1.29 is 4.21 Å². The van der Waals surface area contributed by atoms with E-state index in [1.807, 2.05) is 24.3 Å². The molecular formula is C9H11OS+. The molecule has 11 heavy (non-hydrogen) atoms. The van der Waals surface area contributed by atoms with Crippen LogP contribution in [0.15, 0.2) is 29.2 Å². The molecule has 0 N–H and O–H groups in total. The van der Waals surface area contributed by atoms with E-state index in [1.54, 1.807) is 0 Å². The molecule has 1 aromatic rings. The molecule has 0 radical (unpaired) electrons. The third kappa shape index (κ3) is 2.09. The molecule has 1 aromatic carbocycles. The minimum atomic E-state index is 0.502. The van der Waals surface area contributed by atoms with E-state index >= 15 is 0 Å². The molecule has 1 nitrogen and oxygen atoms in total. The van der Waals surface area contributed by atoms with Crippen molar-refractivity contribution in [3.05, 3.63) is 29.8 Å². The first-order chi connectivity index (χ1) is 5.24. The SMILES string of the molecule is CC(C)c1cccc([S+]=O)c1. The summed E-state index contributed by atoms with van der Waals surface area (Å²) in [6, 6.07) is 7.76. The summed E-state index contributed by atoms with van der Waals surface area (Å²) >= 11 is 0.550. The Labute approximate surface area is 70.9 Å². The lowest BCUT2D eigenvalue weighted by molar-refractivity contribution is 0.605. The van der Waals surface area contributed by atoms with Gasteiger partial charge >= 0.3 is 11.7 Å². The molecule has 0 aliphatic carbocycles. The number of hydrogen-bond acceptors (Lipinski definition) is 1. The van der Waals surface area contributed by atoms with Gasteiger partial charge in [0.15, 0.2) is 0 Å². The van der Waals surface area contributed by atoms with Crippen molar-refractivity contribution in [2.45, 2.75) is 24.7 Å². The molecule has 0 aromatic heterocycles. The molecule has 2 heteroatoms. The second kappa shape index (κ2) is 3.58. The summed E-state index contributed by atoms with van der Waals surface area (Å²) in [5.41, 5.74) is 1.23. The van der Waals surface area contributed by atoms with E-state index in [4.69, 9.17) is 0 Å². The Morgan fingerprint density at radius 2 is 2.09 bits per heavy atom. The van der Waals surface area contributed by atoms with E-state index in [9.17, 15) is 4.21 Å². The standard InChI is InChI=1S/C9H11OS/c1-7(2)8-4-3-5-9(6-8)11-10/h3-7H,1-2H3/q+1. The van der Waals surface area contributed by atoms with Crippen molar-refractivity contribution in [3.8, 4) is 0 Å². The number of benzene rings is 1. The second-order valence-electron chi connectivity index (χ2n) is 2.81. The van der Waals surface area contributed by atoms with Crippen LogP contribution >= 0.6 is 0 Å². The van der Waals surface area contributed by atoms with Gasteiger partial charge in [0.2, 0.25) is 0 Å². The van der Waals surface area contributed by atoms with Gasteiger partial charge in [0.25, 0.3) is 4.90 Å². The van der Waals surface area contributed by atoms with Gasteiger partial charge in [0.05, 0.1) is 0 Å². The zero-order valence-corrected chi connectivity index (χ0v) is 7.52. The van der Waals surface area contributed by atoms with E-state index < -0.39 is 0 Å². The highest BCUT2D eigenvalue weighted by Crippen LogP contribution is 2.15. The minimum Gasteiger partial charge on any atom is -0.0587 e. The van der Waals surface area contributed by atoms with E-state index in [-0.39, 0.29) is 0 Å². The summed E-state index contributed by atoms with van der Waals surface area (Å²) in [6.45, 7) is 4.24. The molecule has 0 saturated carbocycles. The lowest BCUT2D eigenvalue weighted by Crippen LogP contribution is -1.86. The lowest BCUT2D eigenvalue weighted by atomic mass is 10.0.